The third-order valence-corrected chi connectivity index (χ3v) is 3.63. The van der Waals surface area contributed by atoms with Gasteiger partial charge in [-0.1, -0.05) is 35.9 Å². The number of para-hydroxylation sites is 1. The maximum atomic E-state index is 12.1. The molecule has 0 aliphatic heterocycles. The topological polar surface area (TPSA) is 79.5 Å². The molecule has 0 saturated carbocycles. The Morgan fingerprint density at radius 2 is 1.77 bits per heavy atom. The van der Waals surface area contributed by atoms with Gasteiger partial charge in [0.15, 0.2) is 5.11 Å². The molecule has 2 amide bonds. The van der Waals surface area contributed by atoms with E-state index in [1.165, 1.54) is 13.2 Å². The fraction of sp³-hybridized carbons (Fsp3) is 0.0556. The molecule has 0 aromatic heterocycles. The number of halogens is 1. The van der Waals surface area contributed by atoms with Crippen LogP contribution in [0.5, 0.6) is 5.75 Å². The molecule has 0 atom stereocenters. The molecule has 8 heteroatoms. The first-order valence-electron chi connectivity index (χ1n) is 7.47. The van der Waals surface area contributed by atoms with Gasteiger partial charge in [0.25, 0.3) is 5.91 Å². The number of hydrogen-bond acceptors (Lipinski definition) is 4. The molecule has 0 unspecified atom stereocenters. The summed E-state index contributed by atoms with van der Waals surface area (Å²) in [5.41, 5.74) is 6.00. The highest BCUT2D eigenvalue weighted by molar-refractivity contribution is 7.80. The normalized spacial score (nSPS) is 10.2. The van der Waals surface area contributed by atoms with Crippen molar-refractivity contribution in [2.24, 2.45) is 0 Å². The molecule has 26 heavy (non-hydrogen) atoms. The zero-order valence-electron chi connectivity index (χ0n) is 13.8. The lowest BCUT2D eigenvalue weighted by Crippen LogP contribution is -2.48. The molecule has 2 aromatic rings. The average molecular weight is 390 g/mol. The first kappa shape index (κ1) is 19.4. The Morgan fingerprint density at radius 3 is 2.46 bits per heavy atom. The zero-order chi connectivity index (χ0) is 18.9. The van der Waals surface area contributed by atoms with Crippen LogP contribution in [0.25, 0.3) is 6.08 Å². The minimum atomic E-state index is -0.448. The maximum absolute atomic E-state index is 12.1. The average Bonchev–Trinajstić information content (AvgIpc) is 2.65. The molecule has 0 bridgehead atoms. The highest BCUT2D eigenvalue weighted by Gasteiger charge is 2.11. The van der Waals surface area contributed by atoms with Crippen molar-refractivity contribution in [1.82, 2.24) is 16.2 Å². The Morgan fingerprint density at radius 1 is 1.08 bits per heavy atom. The summed E-state index contributed by atoms with van der Waals surface area (Å²) in [6.07, 6.45) is 2.93. The van der Waals surface area contributed by atoms with Crippen LogP contribution in [0.3, 0.4) is 0 Å². The van der Waals surface area contributed by atoms with Gasteiger partial charge in [-0.2, -0.15) is 0 Å². The lowest BCUT2D eigenvalue weighted by atomic mass is 10.2. The number of benzene rings is 2. The van der Waals surface area contributed by atoms with Crippen LogP contribution in [0.1, 0.15) is 15.9 Å². The van der Waals surface area contributed by atoms with Gasteiger partial charge in [0.2, 0.25) is 5.91 Å². The van der Waals surface area contributed by atoms with Crippen molar-refractivity contribution < 1.29 is 14.3 Å². The van der Waals surface area contributed by atoms with Gasteiger partial charge >= 0.3 is 0 Å². The number of rotatable bonds is 4. The van der Waals surface area contributed by atoms with Gasteiger partial charge in [-0.05, 0) is 48.1 Å². The van der Waals surface area contributed by atoms with Crippen molar-refractivity contribution in [1.29, 1.82) is 0 Å². The number of nitrogens with one attached hydrogen (secondary N) is 3. The second kappa shape index (κ2) is 9.55. The van der Waals surface area contributed by atoms with E-state index in [1.54, 1.807) is 54.6 Å². The number of hydrogen-bond donors (Lipinski definition) is 3. The van der Waals surface area contributed by atoms with Crippen LogP contribution in [0, 0.1) is 0 Å². The van der Waals surface area contributed by atoms with Gasteiger partial charge < -0.3 is 4.74 Å². The third-order valence-electron chi connectivity index (χ3n) is 3.18. The summed E-state index contributed by atoms with van der Waals surface area (Å²) >= 11 is 10.8. The first-order valence-corrected chi connectivity index (χ1v) is 8.26. The molecule has 0 heterocycles. The molecule has 0 aliphatic carbocycles. The summed E-state index contributed by atoms with van der Waals surface area (Å²) in [6.45, 7) is 0. The third kappa shape index (κ3) is 5.87. The van der Waals surface area contributed by atoms with Gasteiger partial charge in [0, 0.05) is 11.1 Å². The summed E-state index contributed by atoms with van der Waals surface area (Å²) in [6, 6.07) is 13.7. The fourth-order valence-corrected chi connectivity index (χ4v) is 2.22. The predicted molar refractivity (Wildman–Crippen MR) is 105 cm³/mol. The Balaban J connectivity index is 1.83. The lowest BCUT2D eigenvalue weighted by Gasteiger charge is -2.11. The number of carbonyl (C=O) groups excluding carboxylic acids is 2. The van der Waals surface area contributed by atoms with Gasteiger partial charge in [0.05, 0.1) is 12.7 Å². The van der Waals surface area contributed by atoms with E-state index in [-0.39, 0.29) is 5.11 Å². The summed E-state index contributed by atoms with van der Waals surface area (Å²) in [5, 5.41) is 2.99. The van der Waals surface area contributed by atoms with Crippen LogP contribution in [-0.2, 0) is 4.79 Å². The van der Waals surface area contributed by atoms with Gasteiger partial charge in [0.1, 0.15) is 5.75 Å². The summed E-state index contributed by atoms with van der Waals surface area (Å²) in [5.74, 6) is -0.465. The Bertz CT molecular complexity index is 838. The Kier molecular flexibility index (Phi) is 7.13. The highest BCUT2D eigenvalue weighted by atomic mass is 35.5. The van der Waals surface area contributed by atoms with E-state index < -0.39 is 11.8 Å². The Hall–Kier alpha value is -2.90. The van der Waals surface area contributed by atoms with Crippen LogP contribution < -0.4 is 20.9 Å². The monoisotopic (exact) mass is 389 g/mol. The minimum absolute atomic E-state index is 0.0426. The van der Waals surface area contributed by atoms with Crippen molar-refractivity contribution in [3.05, 3.63) is 70.8 Å². The molecule has 0 fully saturated rings. The largest absolute Gasteiger partial charge is 0.496 e. The van der Waals surface area contributed by atoms with Crippen molar-refractivity contribution in [3.8, 4) is 5.75 Å². The number of carbonyl (C=O) groups is 2. The number of thiocarbonyl (C=S) groups is 1. The lowest BCUT2D eigenvalue weighted by molar-refractivity contribution is -0.115. The fourth-order valence-electron chi connectivity index (χ4n) is 1.94. The molecule has 0 radical (unpaired) electrons. The van der Waals surface area contributed by atoms with Crippen LogP contribution in [0.4, 0.5) is 0 Å². The van der Waals surface area contributed by atoms with Crippen LogP contribution in [-0.4, -0.2) is 24.0 Å². The van der Waals surface area contributed by atoms with Crippen molar-refractivity contribution in [2.45, 2.75) is 0 Å². The molecule has 0 aliphatic rings. The Labute approximate surface area is 161 Å². The number of methoxy groups -OCH3 is 1. The van der Waals surface area contributed by atoms with Gasteiger partial charge in [-0.25, -0.2) is 0 Å². The van der Waals surface area contributed by atoms with Crippen molar-refractivity contribution in [3.63, 3.8) is 0 Å². The van der Waals surface area contributed by atoms with E-state index in [4.69, 9.17) is 28.6 Å². The van der Waals surface area contributed by atoms with E-state index in [1.807, 2.05) is 0 Å². The van der Waals surface area contributed by atoms with Crippen molar-refractivity contribution in [2.75, 3.05) is 7.11 Å². The standard InChI is InChI=1S/C18H16ClN3O3S/c1-25-15-5-3-2-4-14(15)17(24)21-22-18(26)20-16(23)11-8-12-6-9-13(19)10-7-12/h2-11H,1H3,(H,21,24)(H2,20,22,23,26)/b11-8+. The predicted octanol–water partition coefficient (Wildman–Crippen LogP) is 2.70. The van der Waals surface area contributed by atoms with E-state index >= 15 is 0 Å². The summed E-state index contributed by atoms with van der Waals surface area (Å²) in [7, 11) is 1.47. The molecular weight excluding hydrogens is 374 g/mol. The van der Waals surface area contributed by atoms with E-state index in [0.29, 0.717) is 16.3 Å². The molecular formula is C18H16ClN3O3S. The first-order chi connectivity index (χ1) is 12.5. The SMILES string of the molecule is COc1ccccc1C(=O)NNC(=S)NC(=O)/C=C/c1ccc(Cl)cc1. The second-order valence-electron chi connectivity index (χ2n) is 4.98. The molecule has 0 saturated heterocycles. The van der Waals surface area contributed by atoms with E-state index in [2.05, 4.69) is 16.2 Å². The summed E-state index contributed by atoms with van der Waals surface area (Å²) < 4.78 is 5.11. The molecule has 2 aromatic carbocycles. The maximum Gasteiger partial charge on any atom is 0.273 e. The summed E-state index contributed by atoms with van der Waals surface area (Å²) in [4.78, 5) is 23.9. The van der Waals surface area contributed by atoms with E-state index in [0.717, 1.165) is 5.56 Å². The minimum Gasteiger partial charge on any atom is -0.496 e. The smallest absolute Gasteiger partial charge is 0.273 e. The van der Waals surface area contributed by atoms with Crippen LogP contribution >= 0.6 is 23.8 Å². The second-order valence-corrected chi connectivity index (χ2v) is 5.83. The van der Waals surface area contributed by atoms with Crippen molar-refractivity contribution >= 4 is 46.8 Å². The number of ether oxygens (including phenoxy) is 1. The number of amides is 2. The molecule has 3 N–H and O–H groups in total. The molecule has 134 valence electrons. The zero-order valence-corrected chi connectivity index (χ0v) is 15.4. The molecule has 2 rings (SSSR count). The quantitative estimate of drug-likeness (QED) is 0.425. The van der Waals surface area contributed by atoms with Crippen LogP contribution in [0.15, 0.2) is 54.6 Å². The van der Waals surface area contributed by atoms with Crippen LogP contribution in [0.2, 0.25) is 5.02 Å². The molecule has 6 nitrogen and oxygen atoms in total. The molecule has 0 spiro atoms. The van der Waals surface area contributed by atoms with E-state index in [9.17, 15) is 9.59 Å². The van der Waals surface area contributed by atoms with Gasteiger partial charge in [-0.15, -0.1) is 0 Å². The number of hydrazine groups is 1. The highest BCUT2D eigenvalue weighted by Crippen LogP contribution is 2.16. The van der Waals surface area contributed by atoms with Gasteiger partial charge in [-0.3, -0.25) is 25.8 Å².